The second-order valence-corrected chi connectivity index (χ2v) is 15.7. The summed E-state index contributed by atoms with van der Waals surface area (Å²) in [6.07, 6.45) is 4.19. The quantitative estimate of drug-likeness (QED) is 0.152. The average molecular weight is 731 g/mol. The van der Waals surface area contributed by atoms with E-state index in [0.29, 0.717) is 5.69 Å². The molecule has 1 atom stereocenters. The maximum absolute atomic E-state index is 14.7. The Labute approximate surface area is 293 Å². The molecule has 2 amide bonds. The van der Waals surface area contributed by atoms with Gasteiger partial charge in [0.05, 0.1) is 10.6 Å². The summed E-state index contributed by atoms with van der Waals surface area (Å²) in [5.74, 6) is -0.454. The lowest BCUT2D eigenvalue weighted by atomic mass is 10.0. The summed E-state index contributed by atoms with van der Waals surface area (Å²) in [5.41, 5.74) is 4.09. The number of sulfonamides is 1. The number of carbonyl (C=O) groups excluding carboxylic acids is 2. The number of nitrogens with zero attached hydrogens (tertiary/aromatic N) is 2. The van der Waals surface area contributed by atoms with E-state index in [4.69, 9.17) is 0 Å². The van der Waals surface area contributed by atoms with Gasteiger partial charge < -0.3 is 10.2 Å². The molecule has 1 aliphatic carbocycles. The normalized spacial score (nSPS) is 14.1. The smallest absolute Gasteiger partial charge is 0.264 e. The molecule has 1 saturated carbocycles. The fraction of sp³-hybridized carbons (Fsp3) is 0.333. The van der Waals surface area contributed by atoms with Crippen LogP contribution in [0.1, 0.15) is 67.7 Å². The Hall–Kier alpha value is -3.95. The minimum atomic E-state index is -4.16. The van der Waals surface area contributed by atoms with Crippen molar-refractivity contribution in [2.24, 2.45) is 0 Å². The summed E-state index contributed by atoms with van der Waals surface area (Å²) >= 11 is 3.54. The third-order valence-electron chi connectivity index (χ3n) is 8.95. The van der Waals surface area contributed by atoms with Crippen LogP contribution in [0.2, 0.25) is 0 Å². The van der Waals surface area contributed by atoms with Gasteiger partial charge in [0.15, 0.2) is 0 Å². The van der Waals surface area contributed by atoms with Gasteiger partial charge in [-0.25, -0.2) is 8.42 Å². The number of amides is 2. The molecule has 0 spiro atoms. The van der Waals surface area contributed by atoms with Crippen LogP contribution in [0.15, 0.2) is 112 Å². The predicted octanol–water partition coefficient (Wildman–Crippen LogP) is 7.78. The van der Waals surface area contributed by atoms with Crippen molar-refractivity contribution in [2.45, 2.75) is 82.3 Å². The molecule has 0 bridgehead atoms. The first-order valence-corrected chi connectivity index (χ1v) is 18.8. The number of anilines is 1. The van der Waals surface area contributed by atoms with E-state index in [9.17, 15) is 18.0 Å². The third-order valence-corrected chi connectivity index (χ3v) is 11.2. The van der Waals surface area contributed by atoms with E-state index in [1.54, 1.807) is 41.3 Å². The molecule has 0 radical (unpaired) electrons. The fourth-order valence-corrected chi connectivity index (χ4v) is 8.01. The number of rotatable bonds is 13. The number of benzene rings is 4. The Morgan fingerprint density at radius 3 is 2.12 bits per heavy atom. The Kier molecular flexibility index (Phi) is 11.8. The first-order chi connectivity index (χ1) is 23.0. The summed E-state index contributed by atoms with van der Waals surface area (Å²) in [4.78, 5) is 30.5. The molecule has 0 heterocycles. The van der Waals surface area contributed by atoms with Crippen molar-refractivity contribution in [1.29, 1.82) is 0 Å². The maximum atomic E-state index is 14.7. The van der Waals surface area contributed by atoms with Crippen molar-refractivity contribution in [2.75, 3.05) is 10.8 Å². The molecule has 1 unspecified atom stereocenters. The topological polar surface area (TPSA) is 86.8 Å². The van der Waals surface area contributed by atoms with E-state index in [1.807, 2.05) is 73.7 Å². The van der Waals surface area contributed by atoms with Crippen LogP contribution < -0.4 is 9.62 Å². The van der Waals surface area contributed by atoms with Gasteiger partial charge in [-0.05, 0) is 78.8 Å². The molecule has 7 nitrogen and oxygen atoms in total. The number of halogens is 1. The summed E-state index contributed by atoms with van der Waals surface area (Å²) in [6.45, 7) is 5.68. The van der Waals surface area contributed by atoms with Gasteiger partial charge in [-0.15, -0.1) is 0 Å². The van der Waals surface area contributed by atoms with E-state index in [-0.39, 0.29) is 35.7 Å². The van der Waals surface area contributed by atoms with Gasteiger partial charge in [0.25, 0.3) is 10.0 Å². The molecular weight excluding hydrogens is 686 g/mol. The Morgan fingerprint density at radius 2 is 1.50 bits per heavy atom. The SMILES string of the molecule is Cc1ccc(S(=O)(=O)N(CC(=O)N(Cc2cccc(Br)c2)C(Cc2ccccc2)C(=O)NC2CCCC2)c2ccc(C(C)C)cc2)cc1. The molecule has 0 aromatic heterocycles. The highest BCUT2D eigenvalue weighted by atomic mass is 79.9. The van der Waals surface area contributed by atoms with Crippen molar-refractivity contribution in [3.8, 4) is 0 Å². The van der Waals surface area contributed by atoms with E-state index in [2.05, 4.69) is 35.1 Å². The number of nitrogens with one attached hydrogen (secondary N) is 1. The van der Waals surface area contributed by atoms with E-state index in [0.717, 1.165) is 52.4 Å². The van der Waals surface area contributed by atoms with Gasteiger partial charge in [-0.1, -0.05) is 115 Å². The minimum Gasteiger partial charge on any atom is -0.352 e. The van der Waals surface area contributed by atoms with Crippen molar-refractivity contribution < 1.29 is 18.0 Å². The van der Waals surface area contributed by atoms with Crippen molar-refractivity contribution in [3.05, 3.63) is 130 Å². The summed E-state index contributed by atoms with van der Waals surface area (Å²) in [7, 11) is -4.16. The maximum Gasteiger partial charge on any atom is 0.264 e. The van der Waals surface area contributed by atoms with Crippen LogP contribution in [0.4, 0.5) is 5.69 Å². The van der Waals surface area contributed by atoms with Crippen LogP contribution >= 0.6 is 15.9 Å². The van der Waals surface area contributed by atoms with Crippen LogP contribution in [-0.4, -0.2) is 43.8 Å². The molecule has 0 aliphatic heterocycles. The number of hydrogen-bond donors (Lipinski definition) is 1. The van der Waals surface area contributed by atoms with E-state index in [1.165, 1.54) is 4.31 Å². The van der Waals surface area contributed by atoms with Crippen LogP contribution in [0.5, 0.6) is 0 Å². The molecule has 5 rings (SSSR count). The summed E-state index contributed by atoms with van der Waals surface area (Å²) in [6, 6.07) is 30.4. The lowest BCUT2D eigenvalue weighted by Crippen LogP contribution is -2.54. The molecule has 9 heteroatoms. The highest BCUT2D eigenvalue weighted by molar-refractivity contribution is 9.10. The zero-order valence-corrected chi connectivity index (χ0v) is 30.2. The average Bonchev–Trinajstić information content (AvgIpc) is 3.59. The first-order valence-electron chi connectivity index (χ1n) is 16.6. The number of hydrogen-bond acceptors (Lipinski definition) is 4. The van der Waals surface area contributed by atoms with Gasteiger partial charge in [0.2, 0.25) is 11.8 Å². The molecule has 48 heavy (non-hydrogen) atoms. The summed E-state index contributed by atoms with van der Waals surface area (Å²) < 4.78 is 30.7. The van der Waals surface area contributed by atoms with Crippen molar-refractivity contribution in [1.82, 2.24) is 10.2 Å². The number of aryl methyl sites for hydroxylation is 1. The van der Waals surface area contributed by atoms with Crippen LogP contribution in [0.3, 0.4) is 0 Å². The molecule has 1 N–H and O–H groups in total. The predicted molar refractivity (Wildman–Crippen MR) is 195 cm³/mol. The first kappa shape index (κ1) is 35.4. The Bertz CT molecular complexity index is 1790. The van der Waals surface area contributed by atoms with Crippen molar-refractivity contribution in [3.63, 3.8) is 0 Å². The molecule has 4 aromatic rings. The van der Waals surface area contributed by atoms with Gasteiger partial charge in [-0.2, -0.15) is 0 Å². The van der Waals surface area contributed by atoms with Gasteiger partial charge >= 0.3 is 0 Å². The third kappa shape index (κ3) is 8.94. The standard InChI is InChI=1S/C39H44BrN3O4S/c1-28(2)32-18-20-35(21-19-32)43(48(46,47)36-22-16-29(3)17-23-36)27-38(44)42(26-31-12-9-13-33(40)24-31)37(25-30-10-5-4-6-11-30)39(45)41-34-14-7-8-15-34/h4-6,9-13,16-24,28,34,37H,7-8,14-15,25-27H2,1-3H3,(H,41,45). The minimum absolute atomic E-state index is 0.0523. The van der Waals surface area contributed by atoms with Gasteiger partial charge in [0.1, 0.15) is 12.6 Å². The largest absolute Gasteiger partial charge is 0.352 e. The Morgan fingerprint density at radius 1 is 0.854 bits per heavy atom. The van der Waals surface area contributed by atoms with Crippen LogP contribution in [0.25, 0.3) is 0 Å². The van der Waals surface area contributed by atoms with E-state index < -0.39 is 28.5 Å². The second-order valence-electron chi connectivity index (χ2n) is 12.9. The molecule has 0 saturated heterocycles. The second kappa shape index (κ2) is 16.0. The van der Waals surface area contributed by atoms with Gasteiger partial charge in [0, 0.05) is 23.5 Å². The monoisotopic (exact) mass is 729 g/mol. The van der Waals surface area contributed by atoms with E-state index >= 15 is 0 Å². The van der Waals surface area contributed by atoms with Crippen molar-refractivity contribution >= 4 is 43.5 Å². The molecular formula is C39H44BrN3O4S. The summed E-state index contributed by atoms with van der Waals surface area (Å²) in [5, 5.41) is 3.22. The van der Waals surface area contributed by atoms with Crippen LogP contribution in [-0.2, 0) is 32.6 Å². The highest BCUT2D eigenvalue weighted by Crippen LogP contribution is 2.28. The molecule has 252 valence electrons. The fourth-order valence-electron chi connectivity index (χ4n) is 6.15. The van der Waals surface area contributed by atoms with Crippen LogP contribution in [0, 0.1) is 6.92 Å². The molecule has 1 fully saturated rings. The molecule has 1 aliphatic rings. The number of carbonyl (C=O) groups is 2. The lowest BCUT2D eigenvalue weighted by molar-refractivity contribution is -0.140. The zero-order valence-electron chi connectivity index (χ0n) is 27.8. The van der Waals surface area contributed by atoms with Gasteiger partial charge in [-0.3, -0.25) is 13.9 Å². The Balaban J connectivity index is 1.57. The highest BCUT2D eigenvalue weighted by Gasteiger charge is 2.35. The molecule has 4 aromatic carbocycles. The lowest BCUT2D eigenvalue weighted by Gasteiger charge is -2.34. The zero-order chi connectivity index (χ0) is 34.3.